The summed E-state index contributed by atoms with van der Waals surface area (Å²) in [6, 6.07) is 25.4. The monoisotopic (exact) mass is 571 g/mol. The zero-order valence-corrected chi connectivity index (χ0v) is 21.8. The molecule has 0 spiro atoms. The van der Waals surface area contributed by atoms with E-state index in [1.165, 1.54) is 24.3 Å². The predicted octanol–water partition coefficient (Wildman–Crippen LogP) is 7.97. The molecule has 1 N–H and O–H groups in total. The third-order valence-corrected chi connectivity index (χ3v) is 7.69. The molecule has 5 rings (SSSR count). The molecular weight excluding hydrogens is 557 g/mol. The minimum absolute atomic E-state index is 0.111. The van der Waals surface area contributed by atoms with Gasteiger partial charge in [-0.05, 0) is 71.8 Å². The Balaban J connectivity index is 1.32. The molecule has 0 saturated heterocycles. The van der Waals surface area contributed by atoms with Crippen molar-refractivity contribution >= 4 is 61.7 Å². The molecule has 0 aliphatic carbocycles. The number of carbonyl (C=O) groups excluding carboxylic acids is 1. The van der Waals surface area contributed by atoms with Crippen LogP contribution in [0.3, 0.4) is 0 Å². The second kappa shape index (κ2) is 10.1. The summed E-state index contributed by atoms with van der Waals surface area (Å²) in [4.78, 5) is 12.4. The molecule has 37 heavy (non-hydrogen) atoms. The maximum atomic E-state index is 12.6. The molecule has 1 amide bonds. The van der Waals surface area contributed by atoms with Crippen LogP contribution < -0.4 is 9.46 Å². The highest BCUT2D eigenvalue weighted by atomic mass is 35.5. The van der Waals surface area contributed by atoms with Gasteiger partial charge in [-0.1, -0.05) is 59.1 Å². The highest BCUT2D eigenvalue weighted by Gasteiger charge is 2.24. The third kappa shape index (κ3) is 5.60. The number of amides is 1. The number of rotatable bonds is 6. The molecule has 0 saturated carbocycles. The van der Waals surface area contributed by atoms with Crippen molar-refractivity contribution in [3.05, 3.63) is 112 Å². The van der Waals surface area contributed by atoms with Crippen LogP contribution in [0.5, 0.6) is 11.5 Å². The van der Waals surface area contributed by atoms with Gasteiger partial charge in [-0.15, -0.1) is 0 Å². The SMILES string of the molecule is O=C(NS(=O)(=O)c1ccc(Cl)cc1Cl)c1cc2ccc(Oc3ccc(-c4ccc(Cl)cc4)cc3)cc2o1. The number of halogens is 3. The predicted molar refractivity (Wildman–Crippen MR) is 144 cm³/mol. The quantitative estimate of drug-likeness (QED) is 0.223. The first-order valence-electron chi connectivity index (χ1n) is 10.8. The van der Waals surface area contributed by atoms with Crippen molar-refractivity contribution in [1.29, 1.82) is 0 Å². The number of ether oxygens (including phenoxy) is 1. The van der Waals surface area contributed by atoms with Crippen LogP contribution >= 0.6 is 34.8 Å². The molecule has 4 aromatic carbocycles. The second-order valence-electron chi connectivity index (χ2n) is 7.95. The van der Waals surface area contributed by atoms with Crippen molar-refractivity contribution in [1.82, 2.24) is 4.72 Å². The summed E-state index contributed by atoms with van der Waals surface area (Å²) in [6.07, 6.45) is 0. The zero-order valence-electron chi connectivity index (χ0n) is 18.7. The Morgan fingerprint density at radius 1 is 0.730 bits per heavy atom. The van der Waals surface area contributed by atoms with E-state index in [0.29, 0.717) is 27.5 Å². The topological polar surface area (TPSA) is 85.6 Å². The van der Waals surface area contributed by atoms with E-state index < -0.39 is 15.9 Å². The molecule has 186 valence electrons. The molecular formula is C27H16Cl3NO5S. The highest BCUT2D eigenvalue weighted by Crippen LogP contribution is 2.30. The minimum atomic E-state index is -4.25. The van der Waals surface area contributed by atoms with Gasteiger partial charge in [0, 0.05) is 21.5 Å². The lowest BCUT2D eigenvalue weighted by molar-refractivity contribution is 0.0956. The minimum Gasteiger partial charge on any atom is -0.457 e. The first kappa shape index (κ1) is 25.2. The summed E-state index contributed by atoms with van der Waals surface area (Å²) in [7, 11) is -4.25. The number of furan rings is 1. The van der Waals surface area contributed by atoms with Crippen molar-refractivity contribution in [2.24, 2.45) is 0 Å². The van der Waals surface area contributed by atoms with E-state index in [1.54, 1.807) is 18.2 Å². The molecule has 0 fully saturated rings. The Labute approximate surface area is 227 Å². The Kier molecular flexibility index (Phi) is 6.88. The molecule has 0 aliphatic rings. The fourth-order valence-electron chi connectivity index (χ4n) is 3.60. The van der Waals surface area contributed by atoms with Gasteiger partial charge in [0.25, 0.3) is 10.0 Å². The number of hydrogen-bond donors (Lipinski definition) is 1. The van der Waals surface area contributed by atoms with Crippen LogP contribution in [0.1, 0.15) is 10.6 Å². The van der Waals surface area contributed by atoms with Crippen LogP contribution in [-0.2, 0) is 10.0 Å². The Hall–Kier alpha value is -3.49. The Morgan fingerprint density at radius 2 is 1.35 bits per heavy atom. The number of hydrogen-bond acceptors (Lipinski definition) is 5. The summed E-state index contributed by atoms with van der Waals surface area (Å²) < 4.78 is 38.7. The van der Waals surface area contributed by atoms with E-state index in [-0.39, 0.29) is 20.7 Å². The number of fused-ring (bicyclic) bond motifs is 1. The average molecular weight is 573 g/mol. The van der Waals surface area contributed by atoms with E-state index in [2.05, 4.69) is 0 Å². The first-order valence-corrected chi connectivity index (χ1v) is 13.4. The van der Waals surface area contributed by atoms with Gasteiger partial charge >= 0.3 is 5.91 Å². The Morgan fingerprint density at radius 3 is 2.03 bits per heavy atom. The summed E-state index contributed by atoms with van der Waals surface area (Å²) in [5.41, 5.74) is 2.39. The number of sulfonamides is 1. The summed E-state index contributed by atoms with van der Waals surface area (Å²) in [5.74, 6) is -0.0447. The first-order chi connectivity index (χ1) is 17.7. The molecule has 1 heterocycles. The van der Waals surface area contributed by atoms with Crippen LogP contribution in [-0.4, -0.2) is 14.3 Å². The zero-order chi connectivity index (χ0) is 26.2. The van der Waals surface area contributed by atoms with Crippen LogP contribution in [0.4, 0.5) is 0 Å². The summed E-state index contributed by atoms with van der Waals surface area (Å²) >= 11 is 17.8. The van der Waals surface area contributed by atoms with Gasteiger partial charge in [0.2, 0.25) is 0 Å². The highest BCUT2D eigenvalue weighted by molar-refractivity contribution is 7.90. The maximum Gasteiger partial charge on any atom is 0.300 e. The van der Waals surface area contributed by atoms with Crippen molar-refractivity contribution in [3.8, 4) is 22.6 Å². The van der Waals surface area contributed by atoms with E-state index in [4.69, 9.17) is 44.0 Å². The van der Waals surface area contributed by atoms with Gasteiger partial charge in [0.1, 0.15) is 22.0 Å². The van der Waals surface area contributed by atoms with Crippen molar-refractivity contribution < 1.29 is 22.4 Å². The van der Waals surface area contributed by atoms with E-state index in [0.717, 1.165) is 11.1 Å². The van der Waals surface area contributed by atoms with Gasteiger partial charge in [-0.3, -0.25) is 4.79 Å². The van der Waals surface area contributed by atoms with E-state index >= 15 is 0 Å². The summed E-state index contributed by atoms with van der Waals surface area (Å²) in [6.45, 7) is 0. The lowest BCUT2D eigenvalue weighted by atomic mass is 10.1. The van der Waals surface area contributed by atoms with E-state index in [1.807, 2.05) is 53.3 Å². The smallest absolute Gasteiger partial charge is 0.300 e. The average Bonchev–Trinajstić information content (AvgIpc) is 3.28. The van der Waals surface area contributed by atoms with Gasteiger partial charge in [0.15, 0.2) is 5.76 Å². The Bertz CT molecular complexity index is 1730. The van der Waals surface area contributed by atoms with E-state index in [9.17, 15) is 13.2 Å². The van der Waals surface area contributed by atoms with Gasteiger partial charge in [-0.2, -0.15) is 0 Å². The third-order valence-electron chi connectivity index (χ3n) is 5.39. The van der Waals surface area contributed by atoms with Gasteiger partial charge in [0.05, 0.1) is 5.02 Å². The summed E-state index contributed by atoms with van der Waals surface area (Å²) in [5, 5.41) is 1.42. The number of benzene rings is 4. The van der Waals surface area contributed by atoms with Crippen molar-refractivity contribution in [2.75, 3.05) is 0 Å². The number of nitrogens with one attached hydrogen (secondary N) is 1. The van der Waals surface area contributed by atoms with Gasteiger partial charge in [-0.25, -0.2) is 13.1 Å². The molecule has 0 radical (unpaired) electrons. The molecule has 10 heteroatoms. The molecule has 0 unspecified atom stereocenters. The molecule has 6 nitrogen and oxygen atoms in total. The molecule has 0 bridgehead atoms. The lowest BCUT2D eigenvalue weighted by Crippen LogP contribution is -2.30. The van der Waals surface area contributed by atoms with Crippen molar-refractivity contribution in [2.45, 2.75) is 4.90 Å². The van der Waals surface area contributed by atoms with Crippen LogP contribution in [0.2, 0.25) is 15.1 Å². The largest absolute Gasteiger partial charge is 0.457 e. The fourth-order valence-corrected chi connectivity index (χ4v) is 5.46. The fraction of sp³-hybridized carbons (Fsp3) is 0. The molecule has 5 aromatic rings. The standard InChI is InChI=1S/C27H16Cl3NO5S/c28-19-6-1-16(2-7-19)17-3-9-21(10-4-17)35-22-11-5-18-13-25(36-24(18)15-22)27(32)31-37(33,34)26-12-8-20(29)14-23(26)30/h1-15H,(H,31,32). The molecule has 0 aliphatic heterocycles. The lowest BCUT2D eigenvalue weighted by Gasteiger charge is -2.07. The second-order valence-corrected chi connectivity index (χ2v) is 10.9. The van der Waals surface area contributed by atoms with Crippen LogP contribution in [0.15, 0.2) is 100 Å². The molecule has 1 aromatic heterocycles. The molecule has 0 atom stereocenters. The maximum absolute atomic E-state index is 12.6. The van der Waals surface area contributed by atoms with Crippen molar-refractivity contribution in [3.63, 3.8) is 0 Å². The normalized spacial score (nSPS) is 11.4. The van der Waals surface area contributed by atoms with Gasteiger partial charge < -0.3 is 9.15 Å². The number of carbonyl (C=O) groups is 1. The van der Waals surface area contributed by atoms with Crippen LogP contribution in [0, 0.1) is 0 Å². The van der Waals surface area contributed by atoms with Crippen LogP contribution in [0.25, 0.3) is 22.1 Å².